The summed E-state index contributed by atoms with van der Waals surface area (Å²) in [5.74, 6) is 0.909. The highest BCUT2D eigenvalue weighted by atomic mass is 127. The molecular weight excluding hydrogens is 419 g/mol. The fourth-order valence-corrected chi connectivity index (χ4v) is 3.30. The van der Waals surface area contributed by atoms with Crippen LogP contribution >= 0.6 is 24.0 Å². The Labute approximate surface area is 164 Å². The third-order valence-corrected chi connectivity index (χ3v) is 4.26. The molecule has 6 nitrogen and oxygen atoms in total. The molecule has 3 unspecified atom stereocenters. The van der Waals surface area contributed by atoms with Crippen molar-refractivity contribution in [1.29, 1.82) is 0 Å². The number of aliphatic imine (C=N–C) groups is 1. The van der Waals surface area contributed by atoms with Gasteiger partial charge in [-0.3, -0.25) is 9.89 Å². The summed E-state index contributed by atoms with van der Waals surface area (Å²) in [5, 5.41) is 6.74. The summed E-state index contributed by atoms with van der Waals surface area (Å²) in [7, 11) is 0. The Balaban J connectivity index is 0.00000288. The second-order valence-electron chi connectivity index (χ2n) is 6.65. The van der Waals surface area contributed by atoms with Crippen LogP contribution in [0.5, 0.6) is 0 Å². The van der Waals surface area contributed by atoms with Gasteiger partial charge >= 0.3 is 0 Å². The van der Waals surface area contributed by atoms with Crippen LogP contribution in [0.1, 0.15) is 40.0 Å². The lowest BCUT2D eigenvalue weighted by molar-refractivity contribution is -0.0679. The molecule has 24 heavy (non-hydrogen) atoms. The molecule has 0 aromatic heterocycles. The van der Waals surface area contributed by atoms with Crippen molar-refractivity contribution in [2.45, 2.75) is 58.3 Å². The van der Waals surface area contributed by atoms with Gasteiger partial charge in [-0.25, -0.2) is 0 Å². The molecule has 2 N–H and O–H groups in total. The first-order valence-corrected chi connectivity index (χ1v) is 9.19. The van der Waals surface area contributed by atoms with Crippen LogP contribution in [0.2, 0.25) is 0 Å². The number of hydrogen-bond donors (Lipinski definition) is 2. The first kappa shape index (κ1) is 21.9. The smallest absolute Gasteiger partial charge is 0.191 e. The molecule has 2 aliphatic heterocycles. The largest absolute Gasteiger partial charge is 0.376 e. The van der Waals surface area contributed by atoms with Gasteiger partial charge in [-0.2, -0.15) is 0 Å². The third kappa shape index (κ3) is 8.31. The highest BCUT2D eigenvalue weighted by Crippen LogP contribution is 2.12. The van der Waals surface area contributed by atoms with Gasteiger partial charge in [0.2, 0.25) is 0 Å². The van der Waals surface area contributed by atoms with E-state index in [2.05, 4.69) is 41.3 Å². The second-order valence-corrected chi connectivity index (χ2v) is 6.65. The minimum absolute atomic E-state index is 0. The molecule has 142 valence electrons. The summed E-state index contributed by atoms with van der Waals surface area (Å²) in [6.07, 6.45) is 4.41. The van der Waals surface area contributed by atoms with E-state index in [0.29, 0.717) is 18.3 Å². The zero-order valence-electron chi connectivity index (χ0n) is 15.4. The Bertz CT molecular complexity index is 354. The van der Waals surface area contributed by atoms with Crippen molar-refractivity contribution in [3.8, 4) is 0 Å². The Hall–Kier alpha value is -0.120. The maximum absolute atomic E-state index is 5.78. The number of rotatable bonds is 7. The van der Waals surface area contributed by atoms with E-state index in [1.807, 2.05) is 0 Å². The number of hydrogen-bond acceptors (Lipinski definition) is 4. The van der Waals surface area contributed by atoms with Crippen LogP contribution in [0.4, 0.5) is 0 Å². The summed E-state index contributed by atoms with van der Waals surface area (Å²) in [5.41, 5.74) is 0. The quantitative estimate of drug-likeness (QED) is 0.266. The van der Waals surface area contributed by atoms with Crippen LogP contribution in [0, 0.1) is 0 Å². The van der Waals surface area contributed by atoms with Crippen LogP contribution in [0.25, 0.3) is 0 Å². The monoisotopic (exact) mass is 454 g/mol. The number of guanidine groups is 1. The third-order valence-electron chi connectivity index (χ3n) is 4.26. The number of halogens is 1. The van der Waals surface area contributed by atoms with Crippen molar-refractivity contribution in [3.63, 3.8) is 0 Å². The Morgan fingerprint density at radius 3 is 2.58 bits per heavy atom. The molecule has 7 heteroatoms. The van der Waals surface area contributed by atoms with Crippen LogP contribution in [-0.4, -0.2) is 75.0 Å². The Morgan fingerprint density at radius 2 is 1.96 bits per heavy atom. The number of nitrogens with one attached hydrogen (secondary N) is 2. The van der Waals surface area contributed by atoms with Gasteiger partial charge in [0.05, 0.1) is 24.9 Å². The van der Waals surface area contributed by atoms with E-state index in [9.17, 15) is 0 Å². The lowest BCUT2D eigenvalue weighted by atomic mass is 10.2. The maximum Gasteiger partial charge on any atom is 0.191 e. The SMILES string of the molecule is CCNC(=NCC1CCCO1)NCCCN1CC(C)OC(C)C1.I. The molecule has 0 radical (unpaired) electrons. The van der Waals surface area contributed by atoms with E-state index in [4.69, 9.17) is 9.47 Å². The average molecular weight is 454 g/mol. The zero-order chi connectivity index (χ0) is 16.5. The fourth-order valence-electron chi connectivity index (χ4n) is 3.30. The van der Waals surface area contributed by atoms with Gasteiger partial charge in [-0.15, -0.1) is 24.0 Å². The van der Waals surface area contributed by atoms with E-state index in [-0.39, 0.29) is 24.0 Å². The minimum Gasteiger partial charge on any atom is -0.376 e. The fraction of sp³-hybridized carbons (Fsp3) is 0.941. The summed E-state index contributed by atoms with van der Waals surface area (Å²) < 4.78 is 11.4. The first-order valence-electron chi connectivity index (χ1n) is 9.19. The lowest BCUT2D eigenvalue weighted by Crippen LogP contribution is -2.46. The summed E-state index contributed by atoms with van der Waals surface area (Å²) in [4.78, 5) is 7.14. The topological polar surface area (TPSA) is 58.1 Å². The van der Waals surface area contributed by atoms with Gasteiger partial charge in [0.1, 0.15) is 0 Å². The molecule has 0 saturated carbocycles. The van der Waals surface area contributed by atoms with Crippen LogP contribution in [-0.2, 0) is 9.47 Å². The van der Waals surface area contributed by atoms with Crippen molar-refractivity contribution >= 4 is 29.9 Å². The highest BCUT2D eigenvalue weighted by Gasteiger charge is 2.21. The van der Waals surface area contributed by atoms with Crippen LogP contribution in [0.3, 0.4) is 0 Å². The van der Waals surface area contributed by atoms with Gasteiger partial charge in [-0.05, 0) is 40.0 Å². The molecule has 3 atom stereocenters. The van der Waals surface area contributed by atoms with E-state index < -0.39 is 0 Å². The van der Waals surface area contributed by atoms with Crippen LogP contribution < -0.4 is 10.6 Å². The Kier molecular flexibility index (Phi) is 11.2. The molecule has 0 aliphatic carbocycles. The molecule has 0 aromatic rings. The molecule has 2 aliphatic rings. The molecular formula is C17H35IN4O2. The first-order chi connectivity index (χ1) is 11.2. The molecule has 2 heterocycles. The van der Waals surface area contributed by atoms with E-state index in [1.165, 1.54) is 6.42 Å². The van der Waals surface area contributed by atoms with E-state index in [1.54, 1.807) is 0 Å². The van der Waals surface area contributed by atoms with Crippen LogP contribution in [0.15, 0.2) is 4.99 Å². The molecule has 0 amide bonds. The van der Waals surface area contributed by atoms with Gasteiger partial charge < -0.3 is 20.1 Å². The van der Waals surface area contributed by atoms with E-state index >= 15 is 0 Å². The van der Waals surface area contributed by atoms with Gasteiger partial charge in [0, 0.05) is 39.3 Å². The molecule has 2 fully saturated rings. The molecule has 2 saturated heterocycles. The van der Waals surface area contributed by atoms with Crippen molar-refractivity contribution < 1.29 is 9.47 Å². The number of ether oxygens (including phenoxy) is 2. The average Bonchev–Trinajstić information content (AvgIpc) is 3.01. The summed E-state index contributed by atoms with van der Waals surface area (Å²) >= 11 is 0. The van der Waals surface area contributed by atoms with Gasteiger partial charge in [0.25, 0.3) is 0 Å². The van der Waals surface area contributed by atoms with Crippen molar-refractivity contribution in [3.05, 3.63) is 0 Å². The lowest BCUT2D eigenvalue weighted by Gasteiger charge is -2.35. The number of nitrogens with zero attached hydrogens (tertiary/aromatic N) is 2. The van der Waals surface area contributed by atoms with Crippen molar-refractivity contribution in [2.24, 2.45) is 4.99 Å². The number of morpholine rings is 1. The molecule has 0 bridgehead atoms. The van der Waals surface area contributed by atoms with Gasteiger partial charge in [0.15, 0.2) is 5.96 Å². The summed E-state index contributed by atoms with van der Waals surface area (Å²) in [6, 6.07) is 0. The van der Waals surface area contributed by atoms with Gasteiger partial charge in [-0.1, -0.05) is 0 Å². The standard InChI is InChI=1S/C17H34N4O2.HI/c1-4-18-17(20-11-16-7-5-10-22-16)19-8-6-9-21-12-14(2)23-15(3)13-21;/h14-16H,4-13H2,1-3H3,(H2,18,19,20);1H. The minimum atomic E-state index is 0. The maximum atomic E-state index is 5.78. The van der Waals surface area contributed by atoms with E-state index in [0.717, 1.165) is 64.7 Å². The predicted molar refractivity (Wildman–Crippen MR) is 109 cm³/mol. The molecule has 2 rings (SSSR count). The Morgan fingerprint density at radius 1 is 1.21 bits per heavy atom. The summed E-state index contributed by atoms with van der Waals surface area (Å²) in [6.45, 7) is 13.1. The second kappa shape index (κ2) is 12.3. The molecule has 0 spiro atoms. The van der Waals surface area contributed by atoms with Crippen molar-refractivity contribution in [2.75, 3.05) is 45.9 Å². The zero-order valence-corrected chi connectivity index (χ0v) is 17.8. The van der Waals surface area contributed by atoms with Crippen molar-refractivity contribution in [1.82, 2.24) is 15.5 Å². The normalized spacial score (nSPS) is 28.5. The molecule has 0 aromatic carbocycles. The predicted octanol–water partition coefficient (Wildman–Crippen LogP) is 1.84. The highest BCUT2D eigenvalue weighted by molar-refractivity contribution is 14.0.